The predicted molar refractivity (Wildman–Crippen MR) is 96.5 cm³/mol. The Bertz CT molecular complexity index is 978. The molecule has 0 saturated carbocycles. The van der Waals surface area contributed by atoms with Gasteiger partial charge in [-0.3, -0.25) is 19.5 Å². The Kier molecular flexibility index (Phi) is 4.90. The highest BCUT2D eigenvalue weighted by Gasteiger charge is 2.15. The normalized spacial score (nSPS) is 10.6. The topological polar surface area (TPSA) is 93.1 Å². The van der Waals surface area contributed by atoms with Gasteiger partial charge in [0.2, 0.25) is 5.91 Å². The molecule has 0 bridgehead atoms. The van der Waals surface area contributed by atoms with E-state index in [1.165, 1.54) is 22.2 Å². The van der Waals surface area contributed by atoms with Gasteiger partial charge in [0.15, 0.2) is 0 Å². The number of benzene rings is 1. The van der Waals surface area contributed by atoms with E-state index in [0.717, 1.165) is 11.1 Å². The summed E-state index contributed by atoms with van der Waals surface area (Å²) < 4.78 is 1.20. The third-order valence-corrected chi connectivity index (χ3v) is 4.44. The molecule has 0 radical (unpaired) electrons. The van der Waals surface area contributed by atoms with Crippen molar-refractivity contribution in [2.45, 2.75) is 13.5 Å². The first-order valence-corrected chi connectivity index (χ1v) is 8.58. The highest BCUT2D eigenvalue weighted by atomic mass is 32.1. The molecule has 3 amide bonds. The fourth-order valence-corrected chi connectivity index (χ4v) is 3.34. The van der Waals surface area contributed by atoms with E-state index < -0.39 is 11.9 Å². The number of imide groups is 1. The molecule has 0 aliphatic rings. The van der Waals surface area contributed by atoms with E-state index in [-0.39, 0.29) is 12.1 Å². The molecule has 25 heavy (non-hydrogen) atoms. The third-order valence-electron chi connectivity index (χ3n) is 3.55. The van der Waals surface area contributed by atoms with Gasteiger partial charge in [0.05, 0.1) is 11.7 Å². The van der Waals surface area contributed by atoms with Crippen molar-refractivity contribution >= 4 is 33.5 Å². The molecule has 3 rings (SSSR count). The zero-order chi connectivity index (χ0) is 17.8. The summed E-state index contributed by atoms with van der Waals surface area (Å²) in [6.07, 6.45) is 1.33. The molecule has 2 N–H and O–H groups in total. The minimum Gasteiger partial charge on any atom is -0.338 e. The number of carbonyl (C=O) groups is 2. The molecule has 0 aliphatic heterocycles. The summed E-state index contributed by atoms with van der Waals surface area (Å²) in [5.74, 6) is -0.578. The Morgan fingerprint density at radius 1 is 1.24 bits per heavy atom. The zero-order valence-electron chi connectivity index (χ0n) is 13.5. The summed E-state index contributed by atoms with van der Waals surface area (Å²) in [6, 6.07) is 8.94. The number of rotatable bonds is 4. The quantitative estimate of drug-likeness (QED) is 0.747. The van der Waals surface area contributed by atoms with E-state index >= 15 is 0 Å². The van der Waals surface area contributed by atoms with Crippen LogP contribution >= 0.6 is 11.3 Å². The SMILES string of the molecule is CCNC(=O)NC(=O)Cn1cnc2scc(-c3ccccc3)c2c1=O. The van der Waals surface area contributed by atoms with Crippen LogP contribution in [0.15, 0.2) is 46.8 Å². The van der Waals surface area contributed by atoms with Gasteiger partial charge in [-0.05, 0) is 12.5 Å². The smallest absolute Gasteiger partial charge is 0.321 e. The summed E-state index contributed by atoms with van der Waals surface area (Å²) in [7, 11) is 0. The van der Waals surface area contributed by atoms with Crippen LogP contribution in [0.1, 0.15) is 6.92 Å². The van der Waals surface area contributed by atoms with Crippen LogP contribution in [0, 0.1) is 0 Å². The molecule has 1 aromatic carbocycles. The molecule has 0 saturated heterocycles. The summed E-state index contributed by atoms with van der Waals surface area (Å²) in [5.41, 5.74) is 1.39. The number of fused-ring (bicyclic) bond motifs is 1. The average molecular weight is 356 g/mol. The van der Waals surface area contributed by atoms with Gasteiger partial charge in [0.25, 0.3) is 5.56 Å². The van der Waals surface area contributed by atoms with Crippen molar-refractivity contribution in [3.05, 3.63) is 52.4 Å². The summed E-state index contributed by atoms with van der Waals surface area (Å²) in [4.78, 5) is 41.0. The second-order valence-corrected chi connectivity index (χ2v) is 6.14. The molecule has 0 spiro atoms. The maximum Gasteiger partial charge on any atom is 0.321 e. The Labute approximate surface area is 147 Å². The van der Waals surface area contributed by atoms with Crippen molar-refractivity contribution in [1.82, 2.24) is 20.2 Å². The largest absolute Gasteiger partial charge is 0.338 e. The Morgan fingerprint density at radius 2 is 2.00 bits per heavy atom. The van der Waals surface area contributed by atoms with Crippen molar-refractivity contribution in [3.63, 3.8) is 0 Å². The highest BCUT2D eigenvalue weighted by Crippen LogP contribution is 2.30. The van der Waals surface area contributed by atoms with Crippen LogP contribution in [0.4, 0.5) is 4.79 Å². The molecule has 0 atom stereocenters. The number of nitrogens with one attached hydrogen (secondary N) is 2. The highest BCUT2D eigenvalue weighted by molar-refractivity contribution is 7.17. The fraction of sp³-hybridized carbons (Fsp3) is 0.176. The van der Waals surface area contributed by atoms with Crippen LogP contribution < -0.4 is 16.2 Å². The van der Waals surface area contributed by atoms with E-state index in [4.69, 9.17) is 0 Å². The number of hydrogen-bond donors (Lipinski definition) is 2. The maximum atomic E-state index is 12.8. The van der Waals surface area contributed by atoms with Gasteiger partial charge in [0, 0.05) is 17.5 Å². The van der Waals surface area contributed by atoms with Gasteiger partial charge in [-0.25, -0.2) is 9.78 Å². The van der Waals surface area contributed by atoms with E-state index in [2.05, 4.69) is 15.6 Å². The molecular weight excluding hydrogens is 340 g/mol. The summed E-state index contributed by atoms with van der Waals surface area (Å²) >= 11 is 1.38. The molecule has 7 nitrogen and oxygen atoms in total. The molecule has 0 aliphatic carbocycles. The first-order valence-electron chi connectivity index (χ1n) is 7.70. The van der Waals surface area contributed by atoms with Crippen molar-refractivity contribution in [2.24, 2.45) is 0 Å². The fourth-order valence-electron chi connectivity index (χ4n) is 2.44. The van der Waals surface area contributed by atoms with Gasteiger partial charge in [0.1, 0.15) is 11.4 Å². The molecule has 2 aromatic heterocycles. The lowest BCUT2D eigenvalue weighted by molar-refractivity contribution is -0.120. The Hall–Kier alpha value is -3.00. The van der Waals surface area contributed by atoms with Crippen LogP contribution in [-0.2, 0) is 11.3 Å². The van der Waals surface area contributed by atoms with Crippen LogP contribution in [0.3, 0.4) is 0 Å². The number of thiophene rings is 1. The second-order valence-electron chi connectivity index (χ2n) is 5.28. The third kappa shape index (κ3) is 3.58. The summed E-state index contributed by atoms with van der Waals surface area (Å²) in [5, 5.41) is 6.99. The van der Waals surface area contributed by atoms with Crippen molar-refractivity contribution in [2.75, 3.05) is 6.54 Å². The van der Waals surface area contributed by atoms with Gasteiger partial charge >= 0.3 is 6.03 Å². The van der Waals surface area contributed by atoms with Gasteiger partial charge < -0.3 is 5.32 Å². The van der Waals surface area contributed by atoms with E-state index in [1.807, 2.05) is 35.7 Å². The molecule has 128 valence electrons. The van der Waals surface area contributed by atoms with E-state index in [0.29, 0.717) is 16.8 Å². The number of amides is 3. The van der Waals surface area contributed by atoms with Crippen LogP contribution in [-0.4, -0.2) is 28.0 Å². The zero-order valence-corrected chi connectivity index (χ0v) is 14.3. The number of hydrogen-bond acceptors (Lipinski definition) is 5. The van der Waals surface area contributed by atoms with Gasteiger partial charge in [-0.2, -0.15) is 0 Å². The average Bonchev–Trinajstić information content (AvgIpc) is 3.03. The molecule has 0 fully saturated rings. The summed E-state index contributed by atoms with van der Waals surface area (Å²) in [6.45, 7) is 1.87. The standard InChI is InChI=1S/C17H16N4O3S/c1-2-18-17(24)20-13(22)8-21-10-19-15-14(16(21)23)12(9-25-15)11-6-4-3-5-7-11/h3-7,9-10H,2,8H2,1H3,(H2,18,20,22,24). The maximum absolute atomic E-state index is 12.8. The number of carbonyl (C=O) groups excluding carboxylic acids is 2. The van der Waals surface area contributed by atoms with Crippen molar-refractivity contribution < 1.29 is 9.59 Å². The predicted octanol–water partition coefficient (Wildman–Crippen LogP) is 1.97. The minimum absolute atomic E-state index is 0.275. The number of nitrogens with zero attached hydrogens (tertiary/aromatic N) is 2. The number of aromatic nitrogens is 2. The Balaban J connectivity index is 1.93. The lowest BCUT2D eigenvalue weighted by Gasteiger charge is -2.07. The van der Waals surface area contributed by atoms with Crippen molar-refractivity contribution in [3.8, 4) is 11.1 Å². The van der Waals surface area contributed by atoms with Crippen molar-refractivity contribution in [1.29, 1.82) is 0 Å². The molecular formula is C17H16N4O3S. The van der Waals surface area contributed by atoms with Gasteiger partial charge in [-0.1, -0.05) is 30.3 Å². The molecule has 3 aromatic rings. The first-order chi connectivity index (χ1) is 12.1. The van der Waals surface area contributed by atoms with Gasteiger partial charge in [-0.15, -0.1) is 11.3 Å². The van der Waals surface area contributed by atoms with Crippen LogP contribution in [0.5, 0.6) is 0 Å². The molecule has 2 heterocycles. The van der Waals surface area contributed by atoms with E-state index in [1.54, 1.807) is 6.92 Å². The second kappa shape index (κ2) is 7.27. The minimum atomic E-state index is -0.588. The lowest BCUT2D eigenvalue weighted by atomic mass is 10.1. The first kappa shape index (κ1) is 16.8. The molecule has 8 heteroatoms. The monoisotopic (exact) mass is 356 g/mol. The van der Waals surface area contributed by atoms with Crippen LogP contribution in [0.25, 0.3) is 21.3 Å². The Morgan fingerprint density at radius 3 is 2.72 bits per heavy atom. The number of urea groups is 1. The van der Waals surface area contributed by atoms with Crippen LogP contribution in [0.2, 0.25) is 0 Å². The molecule has 0 unspecified atom stereocenters. The lowest BCUT2D eigenvalue weighted by Crippen LogP contribution is -2.42. The van der Waals surface area contributed by atoms with E-state index in [9.17, 15) is 14.4 Å².